The van der Waals surface area contributed by atoms with Crippen molar-refractivity contribution in [2.45, 2.75) is 49.7 Å². The summed E-state index contributed by atoms with van der Waals surface area (Å²) in [5.74, 6) is -0.384. The number of fused-ring (bicyclic) bond motifs is 1. The first kappa shape index (κ1) is 19.6. The highest BCUT2D eigenvalue weighted by Gasteiger charge is 2.34. The van der Waals surface area contributed by atoms with Gasteiger partial charge in [0.25, 0.3) is 10.0 Å². The average Bonchev–Trinajstić information content (AvgIpc) is 3.15. The minimum atomic E-state index is -3.52. The van der Waals surface area contributed by atoms with Crippen molar-refractivity contribution in [3.8, 4) is 0 Å². The molecule has 2 aliphatic rings. The number of nitrogens with one attached hydrogen (secondary N) is 1. The quantitative estimate of drug-likeness (QED) is 0.817. The zero-order valence-corrected chi connectivity index (χ0v) is 17.7. The van der Waals surface area contributed by atoms with E-state index in [2.05, 4.69) is 11.4 Å². The van der Waals surface area contributed by atoms with Gasteiger partial charge in [0, 0.05) is 23.7 Å². The molecule has 1 saturated heterocycles. The Morgan fingerprint density at radius 1 is 1.14 bits per heavy atom. The van der Waals surface area contributed by atoms with E-state index >= 15 is 0 Å². The minimum Gasteiger partial charge on any atom is -0.326 e. The van der Waals surface area contributed by atoms with Crippen LogP contribution in [0.3, 0.4) is 0 Å². The fourth-order valence-corrected chi connectivity index (χ4v) is 7.15. The Kier molecular flexibility index (Phi) is 5.58. The van der Waals surface area contributed by atoms with Crippen molar-refractivity contribution in [3.63, 3.8) is 0 Å². The maximum atomic E-state index is 12.9. The third kappa shape index (κ3) is 3.88. The molecule has 2 heterocycles. The Morgan fingerprint density at radius 2 is 1.96 bits per heavy atom. The molecular weight excluding hydrogens is 392 g/mol. The van der Waals surface area contributed by atoms with Gasteiger partial charge < -0.3 is 5.32 Å². The monoisotopic (exact) mass is 418 g/mol. The zero-order valence-electron chi connectivity index (χ0n) is 16.1. The molecule has 28 heavy (non-hydrogen) atoms. The number of piperidine rings is 1. The van der Waals surface area contributed by atoms with Gasteiger partial charge in [-0.2, -0.15) is 4.31 Å². The number of nitrogens with zero attached hydrogens (tertiary/aromatic N) is 1. The highest BCUT2D eigenvalue weighted by atomic mass is 32.2. The van der Waals surface area contributed by atoms with E-state index in [-0.39, 0.29) is 18.4 Å². The predicted molar refractivity (Wildman–Crippen MR) is 112 cm³/mol. The van der Waals surface area contributed by atoms with Gasteiger partial charge in [0.1, 0.15) is 4.21 Å². The number of hydrogen-bond donors (Lipinski definition) is 1. The molecule has 1 amide bonds. The molecular formula is C21H26N2O3S2. The lowest BCUT2D eigenvalue weighted by molar-refractivity contribution is -0.120. The fourth-order valence-electron chi connectivity index (χ4n) is 4.19. The first-order valence-corrected chi connectivity index (χ1v) is 12.2. The van der Waals surface area contributed by atoms with E-state index in [1.807, 2.05) is 25.1 Å². The molecule has 150 valence electrons. The fraction of sp³-hybridized carbons (Fsp3) is 0.476. The molecule has 1 fully saturated rings. The first-order chi connectivity index (χ1) is 13.4. The van der Waals surface area contributed by atoms with Crippen LogP contribution in [-0.4, -0.2) is 31.7 Å². The van der Waals surface area contributed by atoms with Gasteiger partial charge in [-0.15, -0.1) is 11.3 Å². The van der Waals surface area contributed by atoms with Gasteiger partial charge in [-0.25, -0.2) is 8.42 Å². The summed E-state index contributed by atoms with van der Waals surface area (Å²) in [6, 6.07) is 9.59. The Hall–Kier alpha value is -1.70. The second-order valence-electron chi connectivity index (χ2n) is 7.71. The van der Waals surface area contributed by atoms with Crippen LogP contribution in [0.2, 0.25) is 0 Å². The van der Waals surface area contributed by atoms with Gasteiger partial charge in [0.05, 0.1) is 5.92 Å². The number of thiophene rings is 1. The number of hydrogen-bond acceptors (Lipinski definition) is 4. The number of carbonyl (C=O) groups excluding carboxylic acids is 1. The number of rotatable bonds is 4. The highest BCUT2D eigenvalue weighted by molar-refractivity contribution is 7.91. The molecule has 2 aromatic rings. The van der Waals surface area contributed by atoms with Crippen LogP contribution in [-0.2, 0) is 27.7 Å². The third-order valence-electron chi connectivity index (χ3n) is 5.72. The van der Waals surface area contributed by atoms with Gasteiger partial charge in [-0.3, -0.25) is 4.79 Å². The molecule has 0 spiro atoms. The van der Waals surface area contributed by atoms with Crippen LogP contribution in [0.15, 0.2) is 34.5 Å². The van der Waals surface area contributed by atoms with E-state index < -0.39 is 10.0 Å². The summed E-state index contributed by atoms with van der Waals surface area (Å²) in [5.41, 5.74) is 3.47. The topological polar surface area (TPSA) is 66.5 Å². The lowest BCUT2D eigenvalue weighted by atomic mass is 9.90. The first-order valence-electron chi connectivity index (χ1n) is 9.93. The van der Waals surface area contributed by atoms with E-state index in [0.717, 1.165) is 36.2 Å². The highest BCUT2D eigenvalue weighted by Crippen LogP contribution is 2.31. The van der Waals surface area contributed by atoms with Gasteiger partial charge in [-0.05, 0) is 74.8 Å². The maximum Gasteiger partial charge on any atom is 0.252 e. The molecule has 1 N–H and O–H groups in total. The zero-order chi connectivity index (χ0) is 19.7. The van der Waals surface area contributed by atoms with Crippen LogP contribution < -0.4 is 5.32 Å². The molecule has 1 aliphatic carbocycles. The standard InChI is InChI=1S/C21H26N2O3S2/c1-15-11-12-20(27-15)28(25,26)23-13-5-8-17(14-23)21(24)22-19-10-4-7-16-6-2-3-9-18(16)19/h4,7,10-12,17H,2-3,5-6,8-9,13-14H2,1H3,(H,22,24). The average molecular weight is 419 g/mol. The van der Waals surface area contributed by atoms with Crippen molar-refractivity contribution in [3.05, 3.63) is 46.3 Å². The summed E-state index contributed by atoms with van der Waals surface area (Å²) < 4.78 is 27.7. The predicted octanol–water partition coefficient (Wildman–Crippen LogP) is 3.97. The Bertz CT molecular complexity index is 981. The van der Waals surface area contributed by atoms with Crippen LogP contribution in [0.4, 0.5) is 5.69 Å². The van der Waals surface area contributed by atoms with Crippen LogP contribution >= 0.6 is 11.3 Å². The number of sulfonamides is 1. The summed E-state index contributed by atoms with van der Waals surface area (Å²) in [5, 5.41) is 3.10. The van der Waals surface area contributed by atoms with Gasteiger partial charge in [0.15, 0.2) is 0 Å². The van der Waals surface area contributed by atoms with E-state index in [9.17, 15) is 13.2 Å². The van der Waals surface area contributed by atoms with Crippen molar-refractivity contribution >= 4 is 33.0 Å². The lowest BCUT2D eigenvalue weighted by Gasteiger charge is -2.31. The molecule has 0 radical (unpaired) electrons. The van der Waals surface area contributed by atoms with E-state index in [0.29, 0.717) is 17.2 Å². The van der Waals surface area contributed by atoms with Crippen molar-refractivity contribution in [2.75, 3.05) is 18.4 Å². The molecule has 1 aromatic heterocycles. The van der Waals surface area contributed by atoms with E-state index in [4.69, 9.17) is 0 Å². The van der Waals surface area contributed by atoms with Gasteiger partial charge in [0.2, 0.25) is 5.91 Å². The minimum absolute atomic E-state index is 0.0683. The van der Waals surface area contributed by atoms with Crippen molar-refractivity contribution < 1.29 is 13.2 Å². The normalized spacial score (nSPS) is 20.5. The summed E-state index contributed by atoms with van der Waals surface area (Å²) in [4.78, 5) is 13.9. The van der Waals surface area contributed by atoms with E-state index in [1.54, 1.807) is 6.07 Å². The van der Waals surface area contributed by atoms with Crippen LogP contribution in [0.1, 0.15) is 41.7 Å². The summed E-state index contributed by atoms with van der Waals surface area (Å²) >= 11 is 1.29. The van der Waals surface area contributed by atoms with E-state index in [1.165, 1.54) is 33.2 Å². The molecule has 0 saturated carbocycles. The Balaban J connectivity index is 1.48. The van der Waals surface area contributed by atoms with Crippen molar-refractivity contribution in [2.24, 2.45) is 5.92 Å². The molecule has 1 unspecified atom stereocenters. The van der Waals surface area contributed by atoms with Crippen LogP contribution in [0.5, 0.6) is 0 Å². The maximum absolute atomic E-state index is 12.9. The molecule has 1 aromatic carbocycles. The summed E-state index contributed by atoms with van der Waals surface area (Å²) in [7, 11) is -3.52. The second kappa shape index (κ2) is 7.97. The summed E-state index contributed by atoms with van der Waals surface area (Å²) in [6.07, 6.45) is 5.83. The lowest BCUT2D eigenvalue weighted by Crippen LogP contribution is -2.43. The molecule has 4 rings (SSSR count). The number of carbonyl (C=O) groups is 1. The van der Waals surface area contributed by atoms with Gasteiger partial charge in [-0.1, -0.05) is 12.1 Å². The smallest absolute Gasteiger partial charge is 0.252 e. The number of anilines is 1. The van der Waals surface area contributed by atoms with Gasteiger partial charge >= 0.3 is 0 Å². The Morgan fingerprint density at radius 3 is 2.75 bits per heavy atom. The number of aryl methyl sites for hydroxylation is 2. The second-order valence-corrected chi connectivity index (χ2v) is 11.2. The molecule has 0 bridgehead atoms. The largest absolute Gasteiger partial charge is 0.326 e. The molecule has 5 nitrogen and oxygen atoms in total. The third-order valence-corrected chi connectivity index (χ3v) is 9.05. The van der Waals surface area contributed by atoms with Crippen molar-refractivity contribution in [1.82, 2.24) is 4.31 Å². The molecule has 7 heteroatoms. The van der Waals surface area contributed by atoms with Crippen LogP contribution in [0, 0.1) is 12.8 Å². The number of benzene rings is 1. The Labute approximate surface area is 170 Å². The molecule has 1 aliphatic heterocycles. The number of amides is 1. The van der Waals surface area contributed by atoms with Crippen molar-refractivity contribution in [1.29, 1.82) is 0 Å². The summed E-state index contributed by atoms with van der Waals surface area (Å²) in [6.45, 7) is 2.63. The van der Waals surface area contributed by atoms with Crippen LogP contribution in [0.25, 0.3) is 0 Å². The molecule has 1 atom stereocenters. The SMILES string of the molecule is Cc1ccc(S(=O)(=O)N2CCCC(C(=O)Nc3cccc4c3CCCC4)C2)s1.